The van der Waals surface area contributed by atoms with Crippen LogP contribution in [0.2, 0.25) is 0 Å². The van der Waals surface area contributed by atoms with Gasteiger partial charge in [-0.05, 0) is 39.5 Å². The molecule has 1 heterocycles. The molecule has 20 heavy (non-hydrogen) atoms. The lowest BCUT2D eigenvalue weighted by molar-refractivity contribution is -0.122. The molecular weight excluding hydrogens is 256 g/mol. The van der Waals surface area contributed by atoms with Crippen LogP contribution in [0.25, 0.3) is 0 Å². The summed E-state index contributed by atoms with van der Waals surface area (Å²) in [7, 11) is 0. The van der Waals surface area contributed by atoms with Crippen LogP contribution in [0.4, 0.5) is 4.79 Å². The molecule has 0 bridgehead atoms. The van der Waals surface area contributed by atoms with E-state index in [1.54, 1.807) is 4.90 Å². The molecule has 0 radical (unpaired) electrons. The number of carbonyl (C=O) groups excluding carboxylic acids is 2. The fourth-order valence-electron chi connectivity index (χ4n) is 2.09. The lowest BCUT2D eigenvalue weighted by Gasteiger charge is -2.24. The summed E-state index contributed by atoms with van der Waals surface area (Å²) in [5, 5.41) is 2.99. The molecule has 116 valence electrons. The largest absolute Gasteiger partial charge is 0.444 e. The van der Waals surface area contributed by atoms with E-state index in [-0.39, 0.29) is 18.0 Å². The standard InChI is InChI=1S/C15H28N2O3/c1-11(2)6-7-13(18)16-12-8-9-17(10-12)14(19)20-15(3,4)5/h11-12H,6-10H2,1-5H3,(H,16,18)/t12-/m1/s1. The number of hydrogen-bond acceptors (Lipinski definition) is 3. The zero-order chi connectivity index (χ0) is 15.3. The lowest BCUT2D eigenvalue weighted by Crippen LogP contribution is -2.40. The van der Waals surface area contributed by atoms with Crippen LogP contribution in [0.5, 0.6) is 0 Å². The third-order valence-corrected chi connectivity index (χ3v) is 3.15. The molecule has 1 fully saturated rings. The van der Waals surface area contributed by atoms with Crippen molar-refractivity contribution in [1.82, 2.24) is 10.2 Å². The zero-order valence-corrected chi connectivity index (χ0v) is 13.4. The average molecular weight is 284 g/mol. The second kappa shape index (κ2) is 6.95. The fraction of sp³-hybridized carbons (Fsp3) is 0.867. The summed E-state index contributed by atoms with van der Waals surface area (Å²) in [6, 6.07) is 0.0576. The molecule has 0 aromatic carbocycles. The Morgan fingerprint density at radius 3 is 2.55 bits per heavy atom. The molecule has 0 aliphatic carbocycles. The minimum atomic E-state index is -0.477. The van der Waals surface area contributed by atoms with E-state index in [0.29, 0.717) is 25.4 Å². The maximum absolute atomic E-state index is 11.9. The summed E-state index contributed by atoms with van der Waals surface area (Å²) >= 11 is 0. The van der Waals surface area contributed by atoms with Crippen molar-refractivity contribution in [2.45, 2.75) is 65.5 Å². The van der Waals surface area contributed by atoms with Crippen molar-refractivity contribution >= 4 is 12.0 Å². The first-order valence-corrected chi connectivity index (χ1v) is 7.44. The van der Waals surface area contributed by atoms with Crippen molar-refractivity contribution in [2.24, 2.45) is 5.92 Å². The van der Waals surface area contributed by atoms with Crippen molar-refractivity contribution in [2.75, 3.05) is 13.1 Å². The van der Waals surface area contributed by atoms with Crippen molar-refractivity contribution in [1.29, 1.82) is 0 Å². The summed E-state index contributed by atoms with van der Waals surface area (Å²) in [5.41, 5.74) is -0.477. The smallest absolute Gasteiger partial charge is 0.410 e. The maximum Gasteiger partial charge on any atom is 0.410 e. The number of hydrogen-bond donors (Lipinski definition) is 1. The van der Waals surface area contributed by atoms with E-state index in [4.69, 9.17) is 4.74 Å². The third-order valence-electron chi connectivity index (χ3n) is 3.15. The van der Waals surface area contributed by atoms with Crippen molar-refractivity contribution in [3.8, 4) is 0 Å². The molecule has 1 saturated heterocycles. The first-order valence-electron chi connectivity index (χ1n) is 7.44. The highest BCUT2D eigenvalue weighted by atomic mass is 16.6. The maximum atomic E-state index is 11.9. The highest BCUT2D eigenvalue weighted by Crippen LogP contribution is 2.15. The Morgan fingerprint density at radius 2 is 2.00 bits per heavy atom. The van der Waals surface area contributed by atoms with Gasteiger partial charge in [-0.3, -0.25) is 4.79 Å². The average Bonchev–Trinajstić information content (AvgIpc) is 2.72. The van der Waals surface area contributed by atoms with Crippen LogP contribution < -0.4 is 5.32 Å². The Kier molecular flexibility index (Phi) is 5.84. The van der Waals surface area contributed by atoms with Crippen LogP contribution in [-0.4, -0.2) is 41.6 Å². The van der Waals surface area contributed by atoms with Crippen LogP contribution in [0, 0.1) is 5.92 Å². The van der Waals surface area contributed by atoms with E-state index >= 15 is 0 Å². The second-order valence-corrected chi connectivity index (χ2v) is 6.91. The number of ether oxygens (including phenoxy) is 1. The summed E-state index contributed by atoms with van der Waals surface area (Å²) in [4.78, 5) is 25.3. The molecule has 5 heteroatoms. The molecule has 0 saturated carbocycles. The van der Waals surface area contributed by atoms with E-state index in [1.807, 2.05) is 20.8 Å². The number of carbonyl (C=O) groups is 2. The molecule has 1 N–H and O–H groups in total. The van der Waals surface area contributed by atoms with Crippen molar-refractivity contribution in [3.05, 3.63) is 0 Å². The molecule has 1 aliphatic heterocycles. The molecule has 0 unspecified atom stereocenters. The summed E-state index contributed by atoms with van der Waals surface area (Å²) < 4.78 is 5.33. The van der Waals surface area contributed by atoms with Crippen LogP contribution in [0.1, 0.15) is 53.9 Å². The van der Waals surface area contributed by atoms with Gasteiger partial charge in [-0.1, -0.05) is 13.8 Å². The van der Waals surface area contributed by atoms with Gasteiger partial charge in [0.25, 0.3) is 0 Å². The van der Waals surface area contributed by atoms with Gasteiger partial charge >= 0.3 is 6.09 Å². The van der Waals surface area contributed by atoms with E-state index in [9.17, 15) is 9.59 Å². The van der Waals surface area contributed by atoms with E-state index < -0.39 is 5.60 Å². The van der Waals surface area contributed by atoms with Gasteiger partial charge < -0.3 is 15.0 Å². The number of nitrogens with zero attached hydrogens (tertiary/aromatic N) is 1. The summed E-state index contributed by atoms with van der Waals surface area (Å²) in [6.07, 6.45) is 1.96. The van der Waals surface area contributed by atoms with Gasteiger partial charge in [0.1, 0.15) is 5.60 Å². The number of rotatable bonds is 4. The van der Waals surface area contributed by atoms with Gasteiger partial charge in [0.2, 0.25) is 5.91 Å². The first kappa shape index (κ1) is 16.8. The van der Waals surface area contributed by atoms with Crippen molar-refractivity contribution in [3.63, 3.8) is 0 Å². The highest BCUT2D eigenvalue weighted by molar-refractivity contribution is 5.76. The van der Waals surface area contributed by atoms with E-state index in [1.165, 1.54) is 0 Å². The number of nitrogens with one attached hydrogen (secondary N) is 1. The minimum Gasteiger partial charge on any atom is -0.444 e. The van der Waals surface area contributed by atoms with Gasteiger partial charge in [-0.15, -0.1) is 0 Å². The number of amides is 2. The Hall–Kier alpha value is -1.26. The predicted molar refractivity (Wildman–Crippen MR) is 78.4 cm³/mol. The molecule has 0 aromatic rings. The van der Waals surface area contributed by atoms with Crippen LogP contribution in [-0.2, 0) is 9.53 Å². The van der Waals surface area contributed by atoms with Gasteiger partial charge in [0.05, 0.1) is 0 Å². The van der Waals surface area contributed by atoms with Gasteiger partial charge in [-0.25, -0.2) is 4.79 Å². The van der Waals surface area contributed by atoms with Crippen LogP contribution in [0.15, 0.2) is 0 Å². The van der Waals surface area contributed by atoms with Gasteiger partial charge in [0.15, 0.2) is 0 Å². The molecule has 0 spiro atoms. The monoisotopic (exact) mass is 284 g/mol. The molecular formula is C15H28N2O3. The Balaban J connectivity index is 2.32. The Bertz CT molecular complexity index is 348. The Morgan fingerprint density at radius 1 is 1.35 bits per heavy atom. The molecule has 2 amide bonds. The Labute approximate surface area is 122 Å². The van der Waals surface area contributed by atoms with Crippen LogP contribution >= 0.6 is 0 Å². The summed E-state index contributed by atoms with van der Waals surface area (Å²) in [5.74, 6) is 0.609. The van der Waals surface area contributed by atoms with E-state index in [2.05, 4.69) is 19.2 Å². The fourth-order valence-corrected chi connectivity index (χ4v) is 2.09. The third kappa shape index (κ3) is 6.26. The molecule has 1 atom stereocenters. The number of likely N-dealkylation sites (tertiary alicyclic amines) is 1. The molecule has 0 aromatic heterocycles. The normalized spacial score (nSPS) is 19.3. The molecule has 1 rings (SSSR count). The van der Waals surface area contributed by atoms with Crippen LogP contribution in [0.3, 0.4) is 0 Å². The highest BCUT2D eigenvalue weighted by Gasteiger charge is 2.30. The second-order valence-electron chi connectivity index (χ2n) is 6.91. The lowest BCUT2D eigenvalue weighted by atomic mass is 10.1. The quantitative estimate of drug-likeness (QED) is 0.863. The SMILES string of the molecule is CC(C)CCC(=O)N[C@@H]1CCN(C(=O)OC(C)(C)C)C1. The minimum absolute atomic E-state index is 0.0576. The van der Waals surface area contributed by atoms with Gasteiger partial charge in [-0.2, -0.15) is 0 Å². The zero-order valence-electron chi connectivity index (χ0n) is 13.4. The topological polar surface area (TPSA) is 58.6 Å². The van der Waals surface area contributed by atoms with E-state index in [0.717, 1.165) is 12.8 Å². The molecule has 1 aliphatic rings. The predicted octanol–water partition coefficient (Wildman–Crippen LogP) is 2.55. The molecule has 5 nitrogen and oxygen atoms in total. The van der Waals surface area contributed by atoms with Crippen molar-refractivity contribution < 1.29 is 14.3 Å². The first-order chi connectivity index (χ1) is 9.17. The summed E-state index contributed by atoms with van der Waals surface area (Å²) in [6.45, 7) is 11.0. The van der Waals surface area contributed by atoms with Gasteiger partial charge in [0, 0.05) is 25.6 Å².